The molecule has 0 fully saturated rings. The number of carbonyl (C=O) groups excluding carboxylic acids is 1. The summed E-state index contributed by atoms with van der Waals surface area (Å²) >= 11 is 3.29. The molecular weight excluding hydrogens is 350 g/mol. The van der Waals surface area contributed by atoms with Crippen LogP contribution in [-0.4, -0.2) is 17.8 Å². The summed E-state index contributed by atoms with van der Waals surface area (Å²) in [6.07, 6.45) is 0. The van der Waals surface area contributed by atoms with E-state index in [9.17, 15) is 9.90 Å². The van der Waals surface area contributed by atoms with Crippen molar-refractivity contribution in [1.29, 1.82) is 0 Å². The van der Waals surface area contributed by atoms with Gasteiger partial charge in [-0.15, -0.1) is 0 Å². The number of amides is 1. The third kappa shape index (κ3) is 2.87. The zero-order chi connectivity index (χ0) is 15.7. The average molecular weight is 364 g/mol. The number of benzene rings is 2. The number of fused-ring (bicyclic) bond motifs is 1. The van der Waals surface area contributed by atoms with E-state index >= 15 is 0 Å². The minimum atomic E-state index is -0.344. The Hall–Kier alpha value is -2.21. The lowest BCUT2D eigenvalue weighted by Gasteiger charge is -2.15. The van der Waals surface area contributed by atoms with Crippen molar-refractivity contribution in [2.45, 2.75) is 13.0 Å². The van der Waals surface area contributed by atoms with E-state index in [0.29, 0.717) is 11.5 Å². The molecule has 22 heavy (non-hydrogen) atoms. The molecular formula is C16H14BrNO4. The lowest BCUT2D eigenvalue weighted by atomic mass is 10.1. The summed E-state index contributed by atoms with van der Waals surface area (Å²) in [6.45, 7) is 2.08. The molecule has 1 amide bonds. The van der Waals surface area contributed by atoms with Crippen LogP contribution in [0.25, 0.3) is 0 Å². The monoisotopic (exact) mass is 363 g/mol. The highest BCUT2D eigenvalue weighted by Crippen LogP contribution is 2.34. The minimum Gasteiger partial charge on any atom is -0.507 e. The van der Waals surface area contributed by atoms with Gasteiger partial charge in [0, 0.05) is 4.47 Å². The largest absolute Gasteiger partial charge is 0.507 e. The lowest BCUT2D eigenvalue weighted by Crippen LogP contribution is -2.26. The molecule has 5 nitrogen and oxygen atoms in total. The number of hydrogen-bond acceptors (Lipinski definition) is 4. The van der Waals surface area contributed by atoms with E-state index in [4.69, 9.17) is 9.47 Å². The summed E-state index contributed by atoms with van der Waals surface area (Å²) in [5.41, 5.74) is 1.12. The predicted molar refractivity (Wildman–Crippen MR) is 84.3 cm³/mol. The summed E-state index contributed by atoms with van der Waals surface area (Å²) in [5.74, 6) is 0.971. The Bertz CT molecular complexity index is 732. The van der Waals surface area contributed by atoms with Gasteiger partial charge in [-0.2, -0.15) is 0 Å². The number of carbonyl (C=O) groups is 1. The van der Waals surface area contributed by atoms with Crippen LogP contribution in [0.5, 0.6) is 17.2 Å². The van der Waals surface area contributed by atoms with Crippen LogP contribution in [0.3, 0.4) is 0 Å². The fourth-order valence-electron chi connectivity index (χ4n) is 2.23. The number of nitrogens with one attached hydrogen (secondary N) is 1. The molecule has 2 aromatic rings. The smallest absolute Gasteiger partial charge is 0.255 e. The van der Waals surface area contributed by atoms with Crippen LogP contribution < -0.4 is 14.8 Å². The topological polar surface area (TPSA) is 67.8 Å². The zero-order valence-electron chi connectivity index (χ0n) is 11.8. The van der Waals surface area contributed by atoms with Crippen LogP contribution in [0.2, 0.25) is 0 Å². The van der Waals surface area contributed by atoms with Crippen LogP contribution >= 0.6 is 15.9 Å². The molecule has 114 valence electrons. The standard InChI is InChI=1S/C16H14BrNO4/c1-9(10-2-5-14-15(6-10)22-8-21-14)18-16(20)12-7-11(17)3-4-13(12)19/h2-7,9,19H,8H2,1H3,(H,18,20)/t9-/m1/s1. The second-order valence-electron chi connectivity index (χ2n) is 4.97. The summed E-state index contributed by atoms with van der Waals surface area (Å²) in [7, 11) is 0. The predicted octanol–water partition coefficient (Wildman–Crippen LogP) is 3.37. The summed E-state index contributed by atoms with van der Waals surface area (Å²) in [6, 6.07) is 10.0. The van der Waals surface area contributed by atoms with Gasteiger partial charge in [0.2, 0.25) is 6.79 Å². The number of halogens is 1. The average Bonchev–Trinajstić information content (AvgIpc) is 2.97. The highest BCUT2D eigenvalue weighted by Gasteiger charge is 2.18. The molecule has 1 aliphatic rings. The van der Waals surface area contributed by atoms with Gasteiger partial charge in [0.1, 0.15) is 5.75 Å². The van der Waals surface area contributed by atoms with Crippen molar-refractivity contribution in [1.82, 2.24) is 5.32 Å². The second-order valence-corrected chi connectivity index (χ2v) is 5.88. The molecule has 2 aromatic carbocycles. The zero-order valence-corrected chi connectivity index (χ0v) is 13.4. The molecule has 0 spiro atoms. The van der Waals surface area contributed by atoms with Crippen LogP contribution in [-0.2, 0) is 0 Å². The van der Waals surface area contributed by atoms with Gasteiger partial charge < -0.3 is 19.9 Å². The normalized spacial score (nSPS) is 13.7. The van der Waals surface area contributed by atoms with Gasteiger partial charge in [0.25, 0.3) is 5.91 Å². The Kier molecular flexibility index (Phi) is 3.94. The molecule has 0 bridgehead atoms. The SMILES string of the molecule is C[C@@H](NC(=O)c1cc(Br)ccc1O)c1ccc2c(c1)OCO2. The molecule has 1 heterocycles. The fourth-order valence-corrected chi connectivity index (χ4v) is 2.59. The molecule has 6 heteroatoms. The Morgan fingerprint density at radius 3 is 2.82 bits per heavy atom. The van der Waals surface area contributed by atoms with Gasteiger partial charge in [0.15, 0.2) is 11.5 Å². The number of phenolic OH excluding ortho intramolecular Hbond substituents is 1. The first kappa shape index (κ1) is 14.7. The molecule has 1 atom stereocenters. The van der Waals surface area contributed by atoms with Crippen LogP contribution in [0.15, 0.2) is 40.9 Å². The first-order valence-electron chi connectivity index (χ1n) is 6.73. The summed E-state index contributed by atoms with van der Waals surface area (Å²) < 4.78 is 11.3. The summed E-state index contributed by atoms with van der Waals surface area (Å²) in [4.78, 5) is 12.3. The highest BCUT2D eigenvalue weighted by molar-refractivity contribution is 9.10. The second kappa shape index (κ2) is 5.88. The molecule has 1 aliphatic heterocycles. The number of ether oxygens (including phenoxy) is 2. The van der Waals surface area contributed by atoms with Crippen molar-refractivity contribution in [2.75, 3.05) is 6.79 Å². The highest BCUT2D eigenvalue weighted by atomic mass is 79.9. The van der Waals surface area contributed by atoms with Crippen molar-refractivity contribution in [2.24, 2.45) is 0 Å². The summed E-state index contributed by atoms with van der Waals surface area (Å²) in [5, 5.41) is 12.7. The van der Waals surface area contributed by atoms with Crippen molar-refractivity contribution in [3.8, 4) is 17.2 Å². The number of hydrogen-bond donors (Lipinski definition) is 2. The van der Waals surface area contributed by atoms with E-state index in [2.05, 4.69) is 21.2 Å². The third-order valence-corrected chi connectivity index (χ3v) is 3.94. The molecule has 2 N–H and O–H groups in total. The van der Waals surface area contributed by atoms with E-state index in [1.165, 1.54) is 6.07 Å². The van der Waals surface area contributed by atoms with Crippen molar-refractivity contribution in [3.05, 3.63) is 52.0 Å². The van der Waals surface area contributed by atoms with Crippen molar-refractivity contribution >= 4 is 21.8 Å². The Morgan fingerprint density at radius 1 is 1.23 bits per heavy atom. The van der Waals surface area contributed by atoms with Gasteiger partial charge in [-0.25, -0.2) is 0 Å². The maximum Gasteiger partial charge on any atom is 0.255 e. The van der Waals surface area contributed by atoms with E-state index < -0.39 is 0 Å². The van der Waals surface area contributed by atoms with Crippen molar-refractivity contribution in [3.63, 3.8) is 0 Å². The number of rotatable bonds is 3. The van der Waals surface area contributed by atoms with E-state index in [1.54, 1.807) is 12.1 Å². The first-order chi connectivity index (χ1) is 10.5. The molecule has 0 aromatic heterocycles. The van der Waals surface area contributed by atoms with Gasteiger partial charge in [-0.05, 0) is 42.8 Å². The molecule has 3 rings (SSSR count). The lowest BCUT2D eigenvalue weighted by molar-refractivity contribution is 0.0937. The maximum atomic E-state index is 12.3. The number of phenols is 1. The van der Waals surface area contributed by atoms with Crippen LogP contribution in [0.1, 0.15) is 28.9 Å². The maximum absolute atomic E-state index is 12.3. The van der Waals surface area contributed by atoms with Crippen LogP contribution in [0, 0.1) is 0 Å². The Labute approximate surface area is 136 Å². The quantitative estimate of drug-likeness (QED) is 0.876. The molecule has 0 unspecified atom stereocenters. The van der Waals surface area contributed by atoms with Gasteiger partial charge in [0.05, 0.1) is 11.6 Å². The fraction of sp³-hybridized carbons (Fsp3) is 0.188. The van der Waals surface area contributed by atoms with Crippen molar-refractivity contribution < 1.29 is 19.4 Å². The molecule has 0 aliphatic carbocycles. The van der Waals surface area contributed by atoms with Crippen LogP contribution in [0.4, 0.5) is 0 Å². The third-order valence-electron chi connectivity index (χ3n) is 3.45. The van der Waals surface area contributed by atoms with Gasteiger partial charge in [-0.3, -0.25) is 4.79 Å². The molecule has 0 saturated carbocycles. The molecule has 0 radical (unpaired) electrons. The minimum absolute atomic E-state index is 0.0569. The van der Waals surface area contributed by atoms with E-state index in [-0.39, 0.29) is 30.1 Å². The van der Waals surface area contributed by atoms with E-state index in [1.807, 2.05) is 25.1 Å². The first-order valence-corrected chi connectivity index (χ1v) is 7.53. The Morgan fingerprint density at radius 2 is 2.00 bits per heavy atom. The van der Waals surface area contributed by atoms with E-state index in [0.717, 1.165) is 10.0 Å². The Balaban J connectivity index is 1.77. The van der Waals surface area contributed by atoms with Gasteiger partial charge in [-0.1, -0.05) is 22.0 Å². The van der Waals surface area contributed by atoms with Gasteiger partial charge >= 0.3 is 0 Å². The number of aromatic hydroxyl groups is 1. The molecule has 0 saturated heterocycles.